The number of aliphatic hydroxyl groups is 1. The SMILES string of the molecule is [2H]O[C@]([2H])(C([2H])([2H])N(CC(C)C)S(=O)(=O)c1ccc(F)c(F)c1)[C@@]([2H])(N(C(=O)O)C1CO[C@@H]2OC=C[C@@H]12)C([2H])([2H])c1c([2H])c([2H])c([2H])c([2H])c1[2H]. The molecule has 0 radical (unpaired) electrons. The molecule has 0 spiro atoms. The van der Waals surface area contributed by atoms with Crippen LogP contribution in [0.25, 0.3) is 0 Å². The highest BCUT2D eigenvalue weighted by Crippen LogP contribution is 2.34. The van der Waals surface area contributed by atoms with E-state index in [9.17, 15) is 32.6 Å². The average molecular weight is 579 g/mol. The van der Waals surface area contributed by atoms with Crippen LogP contribution in [-0.4, -0.2) is 79.4 Å². The molecule has 2 heterocycles. The third kappa shape index (κ3) is 6.40. The van der Waals surface area contributed by atoms with Gasteiger partial charge in [0.15, 0.2) is 11.6 Å². The number of carbonyl (C=O) groups is 1. The topological polar surface area (TPSA) is 117 Å². The highest BCUT2D eigenvalue weighted by molar-refractivity contribution is 7.89. The molecule has 0 aromatic heterocycles. The number of benzene rings is 2. The fourth-order valence-corrected chi connectivity index (χ4v) is 5.38. The lowest BCUT2D eigenvalue weighted by Crippen LogP contribution is -2.57. The fourth-order valence-electron chi connectivity index (χ4n) is 3.93. The first-order valence-corrected chi connectivity index (χ1v) is 13.0. The predicted octanol–water partition coefficient (Wildman–Crippen LogP) is 3.45. The van der Waals surface area contributed by atoms with Gasteiger partial charge in [-0.25, -0.2) is 22.0 Å². The van der Waals surface area contributed by atoms with Crippen molar-refractivity contribution in [1.82, 2.24) is 9.21 Å². The summed E-state index contributed by atoms with van der Waals surface area (Å²) >= 11 is 0. The molecule has 1 unspecified atom stereocenters. The molecule has 5 atom stereocenters. The Labute approximate surface area is 243 Å². The van der Waals surface area contributed by atoms with Gasteiger partial charge in [0.1, 0.15) is 0 Å². The monoisotopic (exact) mass is 578 g/mol. The minimum Gasteiger partial charge on any atom is -0.472 e. The molecular weight excluding hydrogens is 534 g/mol. The van der Waals surface area contributed by atoms with Crippen LogP contribution < -0.4 is 0 Å². The summed E-state index contributed by atoms with van der Waals surface area (Å²) in [6.07, 6.45) is -9.84. The molecule has 4 rings (SSSR count). The summed E-state index contributed by atoms with van der Waals surface area (Å²) in [4.78, 5) is 12.0. The molecule has 0 aliphatic carbocycles. The first-order valence-electron chi connectivity index (χ1n) is 17.4. The Balaban J connectivity index is 2.15. The van der Waals surface area contributed by atoms with Gasteiger partial charge in [-0.1, -0.05) is 44.1 Å². The number of halogens is 2. The van der Waals surface area contributed by atoms with E-state index in [2.05, 4.69) is 5.11 Å². The van der Waals surface area contributed by atoms with E-state index in [1.54, 1.807) is 0 Å². The lowest BCUT2D eigenvalue weighted by molar-refractivity contribution is -0.0690. The first kappa shape index (κ1) is 16.9. The molecule has 0 saturated carbocycles. The highest BCUT2D eigenvalue weighted by Gasteiger charge is 2.48. The summed E-state index contributed by atoms with van der Waals surface area (Å²) in [6, 6.07) is -11.1. The second kappa shape index (κ2) is 12.0. The van der Waals surface area contributed by atoms with Crippen LogP contribution in [-0.2, 0) is 25.9 Å². The van der Waals surface area contributed by atoms with E-state index >= 15 is 0 Å². The number of rotatable bonds is 12. The van der Waals surface area contributed by atoms with Crippen molar-refractivity contribution in [1.29, 1.82) is 1.43 Å². The number of sulfonamides is 1. The van der Waals surface area contributed by atoms with Crippen molar-refractivity contribution in [3.05, 3.63) is 77.9 Å². The van der Waals surface area contributed by atoms with Crippen molar-refractivity contribution < 1.29 is 56.8 Å². The van der Waals surface area contributed by atoms with Gasteiger partial charge in [0.05, 0.1) is 51.4 Å². The predicted molar refractivity (Wildman–Crippen MR) is 137 cm³/mol. The minimum atomic E-state index is -5.49. The molecule has 2 aromatic rings. The van der Waals surface area contributed by atoms with Crippen molar-refractivity contribution in [3.8, 4) is 0 Å². The summed E-state index contributed by atoms with van der Waals surface area (Å²) in [6.45, 7) is -3.25. The molecular formula is C27H32F2N2O7S. The van der Waals surface area contributed by atoms with Gasteiger partial charge in [-0.05, 0) is 42.1 Å². The Morgan fingerprint density at radius 1 is 1.28 bits per heavy atom. The minimum absolute atomic E-state index is 0.174. The van der Waals surface area contributed by atoms with Gasteiger partial charge in [0, 0.05) is 18.5 Å². The van der Waals surface area contributed by atoms with E-state index < -0.39 is 131 Å². The van der Waals surface area contributed by atoms with Crippen LogP contribution in [0.2, 0.25) is 0 Å². The van der Waals surface area contributed by atoms with Gasteiger partial charge in [-0.3, -0.25) is 4.90 Å². The van der Waals surface area contributed by atoms with E-state index in [4.69, 9.17) is 20.5 Å². The highest BCUT2D eigenvalue weighted by atomic mass is 32.2. The smallest absolute Gasteiger partial charge is 0.408 e. The molecule has 212 valence electrons. The zero-order valence-electron chi connectivity index (χ0n) is 32.6. The van der Waals surface area contributed by atoms with E-state index in [1.165, 1.54) is 19.9 Å². The molecule has 2 aliphatic rings. The van der Waals surface area contributed by atoms with Gasteiger partial charge in [-0.2, -0.15) is 4.31 Å². The lowest BCUT2D eigenvalue weighted by Gasteiger charge is -2.39. The molecule has 1 saturated heterocycles. The molecule has 9 nitrogen and oxygen atoms in total. The molecule has 2 aliphatic heterocycles. The van der Waals surface area contributed by atoms with Gasteiger partial charge in [-0.15, -0.1) is 0 Å². The van der Waals surface area contributed by atoms with Crippen LogP contribution in [0.3, 0.4) is 0 Å². The van der Waals surface area contributed by atoms with Gasteiger partial charge in [0.2, 0.25) is 17.7 Å². The summed E-state index contributed by atoms with van der Waals surface area (Å²) < 4.78 is 172. The molecule has 1 amide bonds. The molecule has 2 aromatic carbocycles. The molecule has 0 bridgehead atoms. The summed E-state index contributed by atoms with van der Waals surface area (Å²) in [7, 11) is -5.49. The van der Waals surface area contributed by atoms with Gasteiger partial charge < -0.3 is 19.7 Å². The van der Waals surface area contributed by atoms with Crippen LogP contribution in [0, 0.1) is 23.5 Å². The van der Waals surface area contributed by atoms with Crippen LogP contribution >= 0.6 is 0 Å². The van der Waals surface area contributed by atoms with E-state index in [0.29, 0.717) is 12.1 Å². The molecule has 2 N–H and O–H groups in total. The molecule has 39 heavy (non-hydrogen) atoms. The third-order valence-corrected chi connectivity index (χ3v) is 7.35. The average Bonchev–Trinajstić information content (AvgIpc) is 3.67. The first-order chi connectivity index (χ1) is 23.4. The van der Waals surface area contributed by atoms with Gasteiger partial charge >= 0.3 is 6.09 Å². The number of hydrogen-bond acceptors (Lipinski definition) is 6. The Morgan fingerprint density at radius 3 is 2.67 bits per heavy atom. The van der Waals surface area contributed by atoms with Crippen LogP contribution in [0.15, 0.2) is 65.6 Å². The van der Waals surface area contributed by atoms with Crippen LogP contribution in [0.4, 0.5) is 13.6 Å². The number of ether oxygens (including phenoxy) is 2. The fraction of sp³-hybridized carbons (Fsp3) is 0.444. The molecule has 12 heteroatoms. The van der Waals surface area contributed by atoms with Crippen LogP contribution in [0.5, 0.6) is 0 Å². The number of nitrogens with zero attached hydrogens (tertiary/aromatic N) is 2. The summed E-state index contributed by atoms with van der Waals surface area (Å²) in [5.41, 5.74) is -1.47. The zero-order valence-corrected chi connectivity index (χ0v) is 21.4. The number of fused-ring (bicyclic) bond motifs is 1. The standard InChI is InChI=1S/C27H32F2N2O7S/c1-17(2)14-30(39(35,36)19-8-9-21(28)22(29)13-19)15-25(32)23(12-18-6-4-3-5-7-18)31(27(33)34)24-16-38-26-20(24)10-11-37-26/h3-11,13,17,20,23-26,32H,12,14-16H2,1-2H3,(H,33,34)/t20-,23-,24?,25+,26-/m0/s1/i3D,4D,5D,6D,7D,12D2,15D2,23D,25D,32D. The second-order valence-corrected chi connectivity index (χ2v) is 10.7. The van der Waals surface area contributed by atoms with Crippen molar-refractivity contribution in [3.63, 3.8) is 0 Å². The largest absolute Gasteiger partial charge is 0.472 e. The Hall–Kier alpha value is -3.06. The lowest BCUT2D eigenvalue weighted by atomic mass is 9.94. The maximum absolute atomic E-state index is 14.3. The quantitative estimate of drug-likeness (QED) is 0.396. The Bertz CT molecular complexity index is 1830. The maximum Gasteiger partial charge on any atom is 0.408 e. The zero-order chi connectivity index (χ0) is 38.8. The Kier molecular flexibility index (Phi) is 5.20. The maximum atomic E-state index is 14.3. The van der Waals surface area contributed by atoms with Crippen molar-refractivity contribution in [2.75, 3.05) is 19.6 Å². The third-order valence-electron chi connectivity index (χ3n) is 5.68. The van der Waals surface area contributed by atoms with E-state index in [-0.39, 0.29) is 15.3 Å². The Morgan fingerprint density at radius 2 is 2.03 bits per heavy atom. The summed E-state index contributed by atoms with van der Waals surface area (Å²) in [5.74, 6) is -5.27. The number of carboxylic acid groups (broad SMARTS) is 1. The van der Waals surface area contributed by atoms with Crippen molar-refractivity contribution in [2.24, 2.45) is 11.8 Å². The van der Waals surface area contributed by atoms with Crippen molar-refractivity contribution >= 4 is 16.1 Å². The number of hydrogen-bond donors (Lipinski definition) is 2. The van der Waals surface area contributed by atoms with E-state index in [1.807, 2.05) is 0 Å². The normalized spacial score (nSPS) is 28.8. The van der Waals surface area contributed by atoms with Crippen LogP contribution in [0.1, 0.15) is 34.5 Å². The van der Waals surface area contributed by atoms with E-state index in [0.717, 1.165) is 6.26 Å². The second-order valence-electron chi connectivity index (χ2n) is 8.88. The van der Waals surface area contributed by atoms with Gasteiger partial charge in [0.25, 0.3) is 0 Å². The number of amides is 1. The summed E-state index contributed by atoms with van der Waals surface area (Å²) in [5, 5.41) is 15.2. The molecule has 1 fully saturated rings. The van der Waals surface area contributed by atoms with Crippen molar-refractivity contribution in [2.45, 2.75) is 49.5 Å².